The first-order valence-electron chi connectivity index (χ1n) is 6.54. The molecule has 0 spiro atoms. The standard InChI is InChI=1S/C15H21NO3/c1-4-6-12(9-14(17)18)16-15(19)13-8-5-7-10(2)11(13)3/h5,7-8,12H,4,6,9H2,1-3H3,(H,16,19)(H,17,18). The Labute approximate surface area is 113 Å². The zero-order valence-electron chi connectivity index (χ0n) is 11.7. The van der Waals surface area contributed by atoms with E-state index in [1.165, 1.54) is 0 Å². The Hall–Kier alpha value is -1.84. The average Bonchev–Trinajstić information content (AvgIpc) is 2.32. The van der Waals surface area contributed by atoms with Crippen molar-refractivity contribution < 1.29 is 14.7 Å². The number of benzene rings is 1. The van der Waals surface area contributed by atoms with Gasteiger partial charge < -0.3 is 10.4 Å². The summed E-state index contributed by atoms with van der Waals surface area (Å²) in [5, 5.41) is 11.7. The fourth-order valence-corrected chi connectivity index (χ4v) is 2.04. The molecule has 0 aliphatic rings. The van der Waals surface area contributed by atoms with E-state index >= 15 is 0 Å². The molecule has 4 heteroatoms. The summed E-state index contributed by atoms with van der Waals surface area (Å²) < 4.78 is 0. The minimum Gasteiger partial charge on any atom is -0.481 e. The monoisotopic (exact) mass is 263 g/mol. The maximum Gasteiger partial charge on any atom is 0.305 e. The Bertz CT molecular complexity index is 468. The lowest BCUT2D eigenvalue weighted by atomic mass is 10.0. The molecule has 0 bridgehead atoms. The largest absolute Gasteiger partial charge is 0.481 e. The lowest BCUT2D eigenvalue weighted by Crippen LogP contribution is -2.36. The van der Waals surface area contributed by atoms with Crippen molar-refractivity contribution in [3.05, 3.63) is 34.9 Å². The first-order chi connectivity index (χ1) is 8.95. The number of nitrogens with one attached hydrogen (secondary N) is 1. The Morgan fingerprint density at radius 1 is 1.32 bits per heavy atom. The molecule has 1 amide bonds. The van der Waals surface area contributed by atoms with Crippen molar-refractivity contribution in [2.75, 3.05) is 0 Å². The molecule has 0 radical (unpaired) electrons. The molecular weight excluding hydrogens is 242 g/mol. The minimum absolute atomic E-state index is 0.0373. The van der Waals surface area contributed by atoms with Gasteiger partial charge >= 0.3 is 5.97 Å². The van der Waals surface area contributed by atoms with Crippen molar-refractivity contribution in [3.63, 3.8) is 0 Å². The number of hydrogen-bond acceptors (Lipinski definition) is 2. The quantitative estimate of drug-likeness (QED) is 0.829. The fraction of sp³-hybridized carbons (Fsp3) is 0.467. The highest BCUT2D eigenvalue weighted by Crippen LogP contribution is 2.13. The third-order valence-electron chi connectivity index (χ3n) is 3.24. The SMILES string of the molecule is CCCC(CC(=O)O)NC(=O)c1cccc(C)c1C. The second-order valence-electron chi connectivity index (χ2n) is 4.80. The number of carbonyl (C=O) groups excluding carboxylic acids is 1. The highest BCUT2D eigenvalue weighted by atomic mass is 16.4. The Morgan fingerprint density at radius 3 is 2.58 bits per heavy atom. The summed E-state index contributed by atoms with van der Waals surface area (Å²) in [5.74, 6) is -1.08. The van der Waals surface area contributed by atoms with Crippen LogP contribution in [0.3, 0.4) is 0 Å². The summed E-state index contributed by atoms with van der Waals surface area (Å²) >= 11 is 0. The van der Waals surface area contributed by atoms with Gasteiger partial charge in [0.05, 0.1) is 6.42 Å². The molecule has 1 aromatic carbocycles. The summed E-state index contributed by atoms with van der Waals surface area (Å²) in [5.41, 5.74) is 2.61. The molecule has 0 heterocycles. The van der Waals surface area contributed by atoms with Crippen molar-refractivity contribution in [1.29, 1.82) is 0 Å². The van der Waals surface area contributed by atoms with E-state index in [9.17, 15) is 9.59 Å². The van der Waals surface area contributed by atoms with Crippen LogP contribution < -0.4 is 5.32 Å². The highest BCUT2D eigenvalue weighted by Gasteiger charge is 2.17. The number of rotatable bonds is 6. The van der Waals surface area contributed by atoms with Crippen LogP contribution in [-0.2, 0) is 4.79 Å². The molecule has 0 aliphatic heterocycles. The van der Waals surface area contributed by atoms with Crippen molar-refractivity contribution in [1.82, 2.24) is 5.32 Å². The molecular formula is C15H21NO3. The van der Waals surface area contributed by atoms with Gasteiger partial charge in [-0.2, -0.15) is 0 Å². The number of hydrogen-bond donors (Lipinski definition) is 2. The lowest BCUT2D eigenvalue weighted by Gasteiger charge is -2.17. The second-order valence-corrected chi connectivity index (χ2v) is 4.80. The summed E-state index contributed by atoms with van der Waals surface area (Å²) in [4.78, 5) is 23.0. The number of carboxylic acids is 1. The Kier molecular flexibility index (Phi) is 5.55. The normalized spacial score (nSPS) is 11.9. The van der Waals surface area contributed by atoms with Gasteiger partial charge in [-0.15, -0.1) is 0 Å². The molecule has 0 aromatic heterocycles. The molecule has 0 fully saturated rings. The van der Waals surface area contributed by atoms with Gasteiger partial charge in [-0.25, -0.2) is 0 Å². The molecule has 1 rings (SSSR count). The van der Waals surface area contributed by atoms with Crippen LogP contribution in [0.1, 0.15) is 47.7 Å². The molecule has 0 saturated carbocycles. The van der Waals surface area contributed by atoms with Crippen molar-refractivity contribution in [2.24, 2.45) is 0 Å². The van der Waals surface area contributed by atoms with Crippen molar-refractivity contribution in [3.8, 4) is 0 Å². The maximum absolute atomic E-state index is 12.2. The molecule has 4 nitrogen and oxygen atoms in total. The predicted octanol–water partition coefficient (Wildman–Crippen LogP) is 2.68. The summed E-state index contributed by atoms with van der Waals surface area (Å²) in [6.07, 6.45) is 1.47. The zero-order valence-corrected chi connectivity index (χ0v) is 11.7. The summed E-state index contributed by atoms with van der Waals surface area (Å²) in [7, 11) is 0. The number of aliphatic carboxylic acids is 1. The van der Waals surface area contributed by atoms with E-state index in [2.05, 4.69) is 5.32 Å². The van der Waals surface area contributed by atoms with E-state index in [4.69, 9.17) is 5.11 Å². The van der Waals surface area contributed by atoms with Gasteiger partial charge in [-0.05, 0) is 37.5 Å². The average molecular weight is 263 g/mol. The van der Waals surface area contributed by atoms with Crippen LogP contribution in [-0.4, -0.2) is 23.0 Å². The van der Waals surface area contributed by atoms with Crippen LogP contribution in [0.4, 0.5) is 0 Å². The topological polar surface area (TPSA) is 66.4 Å². The van der Waals surface area contributed by atoms with Crippen LogP contribution in [0.5, 0.6) is 0 Å². The molecule has 1 aromatic rings. The van der Waals surface area contributed by atoms with Crippen LogP contribution >= 0.6 is 0 Å². The Morgan fingerprint density at radius 2 is 2.00 bits per heavy atom. The second kappa shape index (κ2) is 6.92. The van der Waals surface area contributed by atoms with E-state index in [1.54, 1.807) is 6.07 Å². The third kappa shape index (κ3) is 4.39. The van der Waals surface area contributed by atoms with E-state index in [0.717, 1.165) is 17.5 Å². The Balaban J connectivity index is 2.81. The molecule has 0 saturated heterocycles. The van der Waals surface area contributed by atoms with Crippen molar-refractivity contribution in [2.45, 2.75) is 46.1 Å². The van der Waals surface area contributed by atoms with E-state index in [0.29, 0.717) is 12.0 Å². The van der Waals surface area contributed by atoms with Gasteiger partial charge in [0.2, 0.25) is 0 Å². The van der Waals surface area contributed by atoms with Crippen LogP contribution in [0.25, 0.3) is 0 Å². The fourth-order valence-electron chi connectivity index (χ4n) is 2.04. The first kappa shape index (κ1) is 15.2. The van der Waals surface area contributed by atoms with Crippen LogP contribution in [0, 0.1) is 13.8 Å². The smallest absolute Gasteiger partial charge is 0.305 e. The predicted molar refractivity (Wildman–Crippen MR) is 74.3 cm³/mol. The molecule has 1 unspecified atom stereocenters. The maximum atomic E-state index is 12.2. The van der Waals surface area contributed by atoms with Crippen LogP contribution in [0.2, 0.25) is 0 Å². The van der Waals surface area contributed by atoms with E-state index in [-0.39, 0.29) is 18.4 Å². The number of carboxylic acid groups (broad SMARTS) is 1. The van der Waals surface area contributed by atoms with Gasteiger partial charge in [0, 0.05) is 11.6 Å². The van der Waals surface area contributed by atoms with E-state index < -0.39 is 5.97 Å². The van der Waals surface area contributed by atoms with Gasteiger partial charge in [0.25, 0.3) is 5.91 Å². The van der Waals surface area contributed by atoms with Gasteiger partial charge in [-0.3, -0.25) is 9.59 Å². The first-order valence-corrected chi connectivity index (χ1v) is 6.54. The number of aryl methyl sites for hydroxylation is 1. The minimum atomic E-state index is -0.889. The lowest BCUT2D eigenvalue weighted by molar-refractivity contribution is -0.137. The van der Waals surface area contributed by atoms with Crippen LogP contribution in [0.15, 0.2) is 18.2 Å². The molecule has 1 atom stereocenters. The molecule has 19 heavy (non-hydrogen) atoms. The van der Waals surface area contributed by atoms with Gasteiger partial charge in [-0.1, -0.05) is 25.5 Å². The number of amides is 1. The highest BCUT2D eigenvalue weighted by molar-refractivity contribution is 5.96. The summed E-state index contributed by atoms with van der Waals surface area (Å²) in [6.45, 7) is 5.82. The van der Waals surface area contributed by atoms with Crippen molar-refractivity contribution >= 4 is 11.9 Å². The third-order valence-corrected chi connectivity index (χ3v) is 3.24. The zero-order chi connectivity index (χ0) is 14.4. The molecule has 2 N–H and O–H groups in total. The van der Waals surface area contributed by atoms with Gasteiger partial charge in [0.15, 0.2) is 0 Å². The number of carbonyl (C=O) groups is 2. The molecule has 0 aliphatic carbocycles. The summed E-state index contributed by atoms with van der Waals surface area (Å²) in [6, 6.07) is 5.24. The molecule has 104 valence electrons. The van der Waals surface area contributed by atoms with E-state index in [1.807, 2.05) is 32.9 Å². The van der Waals surface area contributed by atoms with Gasteiger partial charge in [0.1, 0.15) is 0 Å².